The third-order valence-corrected chi connectivity index (χ3v) is 4.39. The first kappa shape index (κ1) is 15.8. The molecule has 1 aliphatic heterocycles. The molecule has 2 aromatic rings. The number of aliphatic imine (C=N–C) groups is 1. The number of hydrogen-bond acceptors (Lipinski definition) is 3. The molecule has 3 rings (SSSR count). The van der Waals surface area contributed by atoms with E-state index in [0.717, 1.165) is 22.7 Å². The molecule has 0 aliphatic carbocycles. The van der Waals surface area contributed by atoms with Crippen molar-refractivity contribution in [3.05, 3.63) is 63.9 Å². The van der Waals surface area contributed by atoms with Crippen molar-refractivity contribution in [3.63, 3.8) is 0 Å². The third-order valence-electron chi connectivity index (χ3n) is 4.06. The third kappa shape index (κ3) is 2.91. The minimum atomic E-state index is -0.448. The molecular weight excluding hydrogens is 315 g/mol. The highest BCUT2D eigenvalue weighted by Crippen LogP contribution is 2.39. The lowest BCUT2D eigenvalue weighted by Gasteiger charge is -2.28. The number of nitrogens with zero attached hydrogens (tertiary/aromatic N) is 2. The second kappa shape index (κ2) is 6.20. The van der Waals surface area contributed by atoms with Crippen LogP contribution in [0.5, 0.6) is 5.75 Å². The number of amidine groups is 1. The van der Waals surface area contributed by atoms with Crippen molar-refractivity contribution >= 4 is 17.4 Å². The molecule has 23 heavy (non-hydrogen) atoms. The number of likely N-dealkylation sites (N-methyl/N-ethyl adjacent to an activating group) is 1. The number of rotatable bonds is 2. The molecule has 1 atom stereocenters. The number of halogens is 2. The monoisotopic (exact) mass is 332 g/mol. The Labute approximate surface area is 140 Å². The number of ether oxygens (including phenoxy) is 1. The number of hydrogen-bond donors (Lipinski definition) is 0. The molecular formula is C18H18ClFN2O. The van der Waals surface area contributed by atoms with E-state index < -0.39 is 6.04 Å². The van der Waals surface area contributed by atoms with Gasteiger partial charge in [-0.05, 0) is 35.4 Å². The van der Waals surface area contributed by atoms with Gasteiger partial charge in [0.15, 0.2) is 0 Å². The summed E-state index contributed by atoms with van der Waals surface area (Å²) in [5, 5.41) is 0.389. The van der Waals surface area contributed by atoms with E-state index in [1.54, 1.807) is 19.2 Å². The lowest BCUT2D eigenvalue weighted by atomic mass is 9.90. The van der Waals surface area contributed by atoms with E-state index in [1.807, 2.05) is 37.2 Å². The molecule has 0 spiro atoms. The summed E-state index contributed by atoms with van der Waals surface area (Å²) in [7, 11) is 5.50. The second-order valence-corrected chi connectivity index (χ2v) is 6.13. The van der Waals surface area contributed by atoms with Crippen molar-refractivity contribution in [3.8, 4) is 5.75 Å². The maximum absolute atomic E-state index is 14.4. The average Bonchev–Trinajstić information content (AvgIpc) is 2.53. The van der Waals surface area contributed by atoms with E-state index in [-0.39, 0.29) is 5.82 Å². The minimum Gasteiger partial charge on any atom is -0.497 e. The fraction of sp³-hybridized carbons (Fsp3) is 0.278. The van der Waals surface area contributed by atoms with Gasteiger partial charge in [-0.15, -0.1) is 0 Å². The highest BCUT2D eigenvalue weighted by Gasteiger charge is 2.28. The van der Waals surface area contributed by atoms with Gasteiger partial charge >= 0.3 is 0 Å². The van der Waals surface area contributed by atoms with E-state index in [0.29, 0.717) is 17.0 Å². The average molecular weight is 333 g/mol. The van der Waals surface area contributed by atoms with Crippen LogP contribution < -0.4 is 4.74 Å². The van der Waals surface area contributed by atoms with Crippen molar-refractivity contribution in [2.75, 3.05) is 21.2 Å². The lowest BCUT2D eigenvalue weighted by Crippen LogP contribution is -2.29. The Balaban J connectivity index is 2.19. The van der Waals surface area contributed by atoms with Gasteiger partial charge in [0.25, 0.3) is 0 Å². The fourth-order valence-corrected chi connectivity index (χ4v) is 3.10. The highest BCUT2D eigenvalue weighted by atomic mass is 35.5. The van der Waals surface area contributed by atoms with Crippen LogP contribution in [0.25, 0.3) is 0 Å². The minimum absolute atomic E-state index is 0.340. The Kier molecular flexibility index (Phi) is 4.26. The summed E-state index contributed by atoms with van der Waals surface area (Å²) in [5.74, 6) is 1.32. The summed E-state index contributed by atoms with van der Waals surface area (Å²) >= 11 is 6.27. The standard InChI is InChI=1S/C18H18ClFN2O/c1-22(2)16-10-11-9-12(23-3)7-8-13(11)18(21-16)17-14(19)5-4-6-15(17)20/h4-9,18H,10H2,1-3H3. The van der Waals surface area contributed by atoms with E-state index in [9.17, 15) is 4.39 Å². The van der Waals surface area contributed by atoms with Crippen LogP contribution in [0, 0.1) is 5.82 Å². The largest absolute Gasteiger partial charge is 0.497 e. The van der Waals surface area contributed by atoms with E-state index in [4.69, 9.17) is 21.3 Å². The van der Waals surface area contributed by atoms with E-state index in [2.05, 4.69) is 0 Å². The first-order chi connectivity index (χ1) is 11.0. The molecule has 0 bridgehead atoms. The van der Waals surface area contributed by atoms with Gasteiger partial charge in [0, 0.05) is 31.1 Å². The van der Waals surface area contributed by atoms with E-state index in [1.165, 1.54) is 6.07 Å². The topological polar surface area (TPSA) is 24.8 Å². The molecule has 3 nitrogen and oxygen atoms in total. The van der Waals surface area contributed by atoms with Crippen molar-refractivity contribution < 1.29 is 9.13 Å². The molecule has 0 amide bonds. The summed E-state index contributed by atoms with van der Waals surface area (Å²) in [6.07, 6.45) is 0.683. The second-order valence-electron chi connectivity index (χ2n) is 5.72. The van der Waals surface area contributed by atoms with Gasteiger partial charge in [-0.25, -0.2) is 4.39 Å². The number of benzene rings is 2. The Morgan fingerprint density at radius 2 is 2.04 bits per heavy atom. The van der Waals surface area contributed by atoms with Crippen molar-refractivity contribution in [2.45, 2.75) is 12.5 Å². The lowest BCUT2D eigenvalue weighted by molar-refractivity contribution is 0.414. The molecule has 0 saturated heterocycles. The molecule has 1 unspecified atom stereocenters. The van der Waals surface area contributed by atoms with Crippen LogP contribution in [0.4, 0.5) is 4.39 Å². The predicted octanol–water partition coefficient (Wildman–Crippen LogP) is 4.09. The van der Waals surface area contributed by atoms with Gasteiger partial charge in [0.05, 0.1) is 7.11 Å². The summed E-state index contributed by atoms with van der Waals surface area (Å²) in [4.78, 5) is 6.70. The van der Waals surface area contributed by atoms with Gasteiger partial charge < -0.3 is 9.64 Å². The summed E-state index contributed by atoms with van der Waals surface area (Å²) in [5.41, 5.74) is 2.45. The maximum Gasteiger partial charge on any atom is 0.130 e. The molecule has 0 fully saturated rings. The molecule has 5 heteroatoms. The SMILES string of the molecule is COc1ccc2c(c1)CC(N(C)C)=NC2c1c(F)cccc1Cl. The van der Waals surface area contributed by atoms with Gasteiger partial charge in [-0.2, -0.15) is 0 Å². The zero-order valence-electron chi connectivity index (χ0n) is 13.3. The van der Waals surface area contributed by atoms with Gasteiger partial charge in [0.1, 0.15) is 23.4 Å². The van der Waals surface area contributed by atoms with Gasteiger partial charge in [-0.3, -0.25) is 4.99 Å². The maximum atomic E-state index is 14.4. The summed E-state index contributed by atoms with van der Waals surface area (Å²) in [6.45, 7) is 0. The summed E-state index contributed by atoms with van der Waals surface area (Å²) in [6, 6.07) is 10.1. The first-order valence-electron chi connectivity index (χ1n) is 7.36. The Morgan fingerprint density at radius 3 is 2.70 bits per heavy atom. The zero-order valence-corrected chi connectivity index (χ0v) is 14.1. The zero-order chi connectivity index (χ0) is 16.6. The predicted molar refractivity (Wildman–Crippen MR) is 91.1 cm³/mol. The molecule has 2 aromatic carbocycles. The summed E-state index contributed by atoms with van der Waals surface area (Å²) < 4.78 is 19.7. The Bertz CT molecular complexity index is 753. The van der Waals surface area contributed by atoms with Crippen LogP contribution in [0.15, 0.2) is 41.4 Å². The van der Waals surface area contributed by atoms with Crippen molar-refractivity contribution in [2.24, 2.45) is 4.99 Å². The van der Waals surface area contributed by atoms with Crippen molar-refractivity contribution in [1.29, 1.82) is 0 Å². The Hall–Kier alpha value is -2.07. The number of methoxy groups -OCH3 is 1. The van der Waals surface area contributed by atoms with Crippen LogP contribution >= 0.6 is 11.6 Å². The first-order valence-corrected chi connectivity index (χ1v) is 7.73. The van der Waals surface area contributed by atoms with Gasteiger partial charge in [-0.1, -0.05) is 23.7 Å². The van der Waals surface area contributed by atoms with Crippen LogP contribution in [0.3, 0.4) is 0 Å². The molecule has 0 saturated carbocycles. The molecule has 120 valence electrons. The Morgan fingerprint density at radius 1 is 1.26 bits per heavy atom. The molecule has 0 N–H and O–H groups in total. The fourth-order valence-electron chi connectivity index (χ4n) is 2.83. The highest BCUT2D eigenvalue weighted by molar-refractivity contribution is 6.31. The molecule has 1 aliphatic rings. The van der Waals surface area contributed by atoms with Crippen molar-refractivity contribution in [1.82, 2.24) is 4.90 Å². The molecule has 0 radical (unpaired) electrons. The molecule has 0 aromatic heterocycles. The van der Waals surface area contributed by atoms with Crippen LogP contribution in [0.1, 0.15) is 22.7 Å². The van der Waals surface area contributed by atoms with Crippen LogP contribution in [-0.2, 0) is 6.42 Å². The van der Waals surface area contributed by atoms with Gasteiger partial charge in [0.2, 0.25) is 0 Å². The molecule has 1 heterocycles. The number of fused-ring (bicyclic) bond motifs is 1. The quantitative estimate of drug-likeness (QED) is 0.827. The van der Waals surface area contributed by atoms with E-state index >= 15 is 0 Å². The smallest absolute Gasteiger partial charge is 0.130 e. The normalized spacial score (nSPS) is 16.6. The van der Waals surface area contributed by atoms with Crippen LogP contribution in [-0.4, -0.2) is 31.9 Å². The van der Waals surface area contributed by atoms with Crippen LogP contribution in [0.2, 0.25) is 5.02 Å².